The molecule has 1 amide bonds. The van der Waals surface area contributed by atoms with Crippen molar-refractivity contribution in [3.05, 3.63) is 0 Å². The molecular weight excluding hydrogens is 256 g/mol. The third-order valence-corrected chi connectivity index (χ3v) is 4.66. The lowest BCUT2D eigenvalue weighted by Gasteiger charge is -2.27. The van der Waals surface area contributed by atoms with Gasteiger partial charge in [0.1, 0.15) is 0 Å². The van der Waals surface area contributed by atoms with E-state index in [0.717, 1.165) is 31.7 Å². The summed E-state index contributed by atoms with van der Waals surface area (Å²) < 4.78 is 0. The minimum atomic E-state index is 0. The lowest BCUT2D eigenvalue weighted by atomic mass is 10.1. The summed E-state index contributed by atoms with van der Waals surface area (Å²) in [6.45, 7) is 4.24. The highest BCUT2D eigenvalue weighted by Gasteiger charge is 2.37. The molecule has 100 valence electrons. The number of carbonyl (C=O) groups excluding carboxylic acids is 1. The van der Waals surface area contributed by atoms with Crippen LogP contribution in [0.1, 0.15) is 32.6 Å². The molecule has 0 radical (unpaired) electrons. The lowest BCUT2D eigenvalue weighted by molar-refractivity contribution is -0.130. The smallest absolute Gasteiger partial charge is 0.233 e. The second kappa shape index (κ2) is 7.49. The molecule has 2 fully saturated rings. The van der Waals surface area contributed by atoms with Crippen LogP contribution in [0.25, 0.3) is 0 Å². The van der Waals surface area contributed by atoms with E-state index in [4.69, 9.17) is 0 Å². The van der Waals surface area contributed by atoms with Gasteiger partial charge in [0.05, 0.1) is 5.75 Å². The molecule has 0 aromatic heterocycles. The Labute approximate surface area is 114 Å². The second-order valence-electron chi connectivity index (χ2n) is 4.73. The Kier molecular flexibility index (Phi) is 6.67. The molecule has 2 bridgehead atoms. The number of halogens is 1. The average molecular weight is 279 g/mol. The summed E-state index contributed by atoms with van der Waals surface area (Å²) in [4.78, 5) is 14.3. The molecule has 0 saturated carbocycles. The second-order valence-corrected chi connectivity index (χ2v) is 5.84. The first-order valence-electron chi connectivity index (χ1n) is 6.42. The van der Waals surface area contributed by atoms with Crippen molar-refractivity contribution in [2.24, 2.45) is 0 Å². The van der Waals surface area contributed by atoms with E-state index in [2.05, 4.69) is 17.1 Å². The zero-order valence-electron chi connectivity index (χ0n) is 10.5. The van der Waals surface area contributed by atoms with Crippen LogP contribution >= 0.6 is 24.2 Å². The Bertz CT molecular complexity index is 239. The number of amides is 1. The van der Waals surface area contributed by atoms with Gasteiger partial charge in [0.2, 0.25) is 5.91 Å². The maximum Gasteiger partial charge on any atom is 0.233 e. The van der Waals surface area contributed by atoms with Crippen LogP contribution in [0.2, 0.25) is 0 Å². The molecule has 2 unspecified atom stereocenters. The number of rotatable bonds is 4. The summed E-state index contributed by atoms with van der Waals surface area (Å²) in [6.07, 6.45) is 4.71. The summed E-state index contributed by atoms with van der Waals surface area (Å²) in [5.41, 5.74) is 0. The molecule has 3 nitrogen and oxygen atoms in total. The molecule has 0 spiro atoms. The van der Waals surface area contributed by atoms with Gasteiger partial charge in [0, 0.05) is 18.6 Å². The van der Waals surface area contributed by atoms with Gasteiger partial charge in [0.15, 0.2) is 0 Å². The quantitative estimate of drug-likeness (QED) is 0.798. The first kappa shape index (κ1) is 15.1. The number of hydrogen-bond acceptors (Lipinski definition) is 3. The van der Waals surface area contributed by atoms with E-state index in [0.29, 0.717) is 23.7 Å². The predicted octanol–water partition coefficient (Wildman–Crippen LogP) is 1.90. The van der Waals surface area contributed by atoms with Gasteiger partial charge in [-0.2, -0.15) is 11.8 Å². The Morgan fingerprint density at radius 2 is 2.12 bits per heavy atom. The van der Waals surface area contributed by atoms with E-state index in [-0.39, 0.29) is 12.4 Å². The Morgan fingerprint density at radius 1 is 1.35 bits per heavy atom. The number of nitrogens with one attached hydrogen (secondary N) is 1. The molecule has 2 heterocycles. The first-order chi connectivity index (χ1) is 7.83. The molecule has 2 saturated heterocycles. The van der Waals surface area contributed by atoms with E-state index in [1.807, 2.05) is 0 Å². The largest absolute Gasteiger partial charge is 0.335 e. The van der Waals surface area contributed by atoms with Crippen LogP contribution in [0.4, 0.5) is 0 Å². The molecule has 2 aliphatic heterocycles. The van der Waals surface area contributed by atoms with Crippen molar-refractivity contribution >= 4 is 30.1 Å². The third-order valence-electron chi connectivity index (χ3n) is 3.52. The van der Waals surface area contributed by atoms with E-state index < -0.39 is 0 Å². The summed E-state index contributed by atoms with van der Waals surface area (Å²) in [5, 5.41) is 3.43. The van der Waals surface area contributed by atoms with Gasteiger partial charge in [-0.05, 0) is 38.0 Å². The normalized spacial score (nSPS) is 27.5. The van der Waals surface area contributed by atoms with E-state index in [1.54, 1.807) is 11.8 Å². The molecule has 2 atom stereocenters. The average Bonchev–Trinajstić information content (AvgIpc) is 2.52. The number of thioether (sulfide) groups is 1. The highest BCUT2D eigenvalue weighted by Crippen LogP contribution is 2.28. The Morgan fingerprint density at radius 3 is 2.88 bits per heavy atom. The molecule has 0 aliphatic carbocycles. The minimum Gasteiger partial charge on any atom is -0.335 e. The van der Waals surface area contributed by atoms with E-state index >= 15 is 0 Å². The lowest BCUT2D eigenvalue weighted by Crippen LogP contribution is -2.43. The van der Waals surface area contributed by atoms with Gasteiger partial charge in [-0.3, -0.25) is 4.79 Å². The molecule has 1 N–H and O–H groups in total. The van der Waals surface area contributed by atoms with Crippen LogP contribution in [-0.4, -0.2) is 47.5 Å². The van der Waals surface area contributed by atoms with Gasteiger partial charge in [-0.15, -0.1) is 12.4 Å². The van der Waals surface area contributed by atoms with Crippen molar-refractivity contribution in [2.45, 2.75) is 44.7 Å². The van der Waals surface area contributed by atoms with Crippen LogP contribution in [0.3, 0.4) is 0 Å². The fourth-order valence-electron chi connectivity index (χ4n) is 2.77. The van der Waals surface area contributed by atoms with Crippen LogP contribution < -0.4 is 5.32 Å². The number of fused-ring (bicyclic) bond motifs is 2. The summed E-state index contributed by atoms with van der Waals surface area (Å²) in [6, 6.07) is 0.997. The summed E-state index contributed by atoms with van der Waals surface area (Å²) in [7, 11) is 0. The van der Waals surface area contributed by atoms with Crippen molar-refractivity contribution in [3.8, 4) is 0 Å². The third kappa shape index (κ3) is 3.76. The minimum absolute atomic E-state index is 0. The summed E-state index contributed by atoms with van der Waals surface area (Å²) in [5.74, 6) is 2.16. The van der Waals surface area contributed by atoms with Gasteiger partial charge < -0.3 is 10.2 Å². The van der Waals surface area contributed by atoms with Gasteiger partial charge in [0.25, 0.3) is 0 Å². The maximum absolute atomic E-state index is 12.2. The van der Waals surface area contributed by atoms with Crippen LogP contribution in [0.5, 0.6) is 0 Å². The number of carbonyl (C=O) groups is 1. The first-order valence-corrected chi connectivity index (χ1v) is 7.58. The van der Waals surface area contributed by atoms with Gasteiger partial charge in [-0.1, -0.05) is 6.92 Å². The monoisotopic (exact) mass is 278 g/mol. The van der Waals surface area contributed by atoms with E-state index in [1.165, 1.54) is 12.8 Å². The molecular formula is C12H23ClN2OS. The maximum atomic E-state index is 12.2. The van der Waals surface area contributed by atoms with Gasteiger partial charge in [-0.25, -0.2) is 0 Å². The molecule has 2 rings (SSSR count). The zero-order chi connectivity index (χ0) is 11.4. The number of hydrogen-bond donors (Lipinski definition) is 1. The molecule has 0 aromatic rings. The SMILES string of the molecule is CCCSCC(=O)N1C2CCNCC1CC2.Cl. The van der Waals surface area contributed by atoms with Crippen LogP contribution in [0, 0.1) is 0 Å². The van der Waals surface area contributed by atoms with Crippen molar-refractivity contribution in [3.63, 3.8) is 0 Å². The molecule has 0 aromatic carbocycles. The predicted molar refractivity (Wildman–Crippen MR) is 76.0 cm³/mol. The molecule has 2 aliphatic rings. The van der Waals surface area contributed by atoms with Crippen molar-refractivity contribution in [2.75, 3.05) is 24.6 Å². The zero-order valence-corrected chi connectivity index (χ0v) is 12.1. The van der Waals surface area contributed by atoms with Crippen molar-refractivity contribution in [1.82, 2.24) is 10.2 Å². The summed E-state index contributed by atoms with van der Waals surface area (Å²) >= 11 is 1.78. The molecule has 5 heteroatoms. The number of nitrogens with zero attached hydrogens (tertiary/aromatic N) is 1. The van der Waals surface area contributed by atoms with E-state index in [9.17, 15) is 4.79 Å². The fraction of sp³-hybridized carbons (Fsp3) is 0.917. The van der Waals surface area contributed by atoms with Crippen molar-refractivity contribution < 1.29 is 4.79 Å². The highest BCUT2D eigenvalue weighted by molar-refractivity contribution is 7.99. The Hall–Kier alpha value is 0.0700. The Balaban J connectivity index is 0.00000144. The standard InChI is InChI=1S/C12H22N2OS.ClH/c1-2-7-16-9-12(15)14-10-3-4-11(14)8-13-6-5-10;/h10-11,13H,2-9H2,1H3;1H. The van der Waals surface area contributed by atoms with Crippen LogP contribution in [0.15, 0.2) is 0 Å². The topological polar surface area (TPSA) is 32.3 Å². The van der Waals surface area contributed by atoms with Crippen molar-refractivity contribution in [1.29, 1.82) is 0 Å². The highest BCUT2D eigenvalue weighted by atomic mass is 35.5. The van der Waals surface area contributed by atoms with Crippen LogP contribution in [-0.2, 0) is 4.79 Å². The van der Waals surface area contributed by atoms with Gasteiger partial charge >= 0.3 is 0 Å². The fourth-order valence-corrected chi connectivity index (χ4v) is 3.52. The molecule has 17 heavy (non-hydrogen) atoms.